The number of hydrogen-bond acceptors (Lipinski definition) is 5. The second-order valence-corrected chi connectivity index (χ2v) is 7.14. The van der Waals surface area contributed by atoms with Crippen LogP contribution in [-0.4, -0.2) is 26.3 Å². The fourth-order valence-electron chi connectivity index (χ4n) is 1.91. The van der Waals surface area contributed by atoms with Gasteiger partial charge in [0.05, 0.1) is 0 Å². The lowest BCUT2D eigenvalue weighted by molar-refractivity contribution is -0.0500. The lowest BCUT2D eigenvalue weighted by atomic mass is 10.0. The Hall–Kier alpha value is -2.81. The number of carbonyl (C=O) groups excluding carboxylic acids is 1. The van der Waals surface area contributed by atoms with Crippen molar-refractivity contribution in [1.29, 1.82) is 0 Å². The van der Waals surface area contributed by atoms with E-state index < -0.39 is 27.2 Å². The van der Waals surface area contributed by atoms with Crippen molar-refractivity contribution in [2.45, 2.75) is 12.4 Å². The number of hydrogen-bond donors (Lipinski definition) is 0. The maximum atomic E-state index is 12.4. The summed E-state index contributed by atoms with van der Waals surface area (Å²) in [6.45, 7) is 5.86. The van der Waals surface area contributed by atoms with Crippen molar-refractivity contribution in [3.63, 3.8) is 0 Å². The number of rotatable bonds is 7. The van der Waals surface area contributed by atoms with E-state index in [2.05, 4.69) is 10.8 Å². The van der Waals surface area contributed by atoms with Gasteiger partial charge in [-0.15, -0.1) is 0 Å². The molecule has 0 aliphatic carbocycles. The number of ether oxygens (including phenoxy) is 1. The van der Waals surface area contributed by atoms with Crippen molar-refractivity contribution in [1.82, 2.24) is 0 Å². The zero-order valence-electron chi connectivity index (χ0n) is 14.1. The summed E-state index contributed by atoms with van der Waals surface area (Å²) in [7, 11) is -5.76. The van der Waals surface area contributed by atoms with Crippen LogP contribution in [0.5, 0.6) is 11.5 Å². The second-order valence-electron chi connectivity index (χ2n) is 5.61. The lowest BCUT2D eigenvalue weighted by Crippen LogP contribution is -2.28. The van der Waals surface area contributed by atoms with Gasteiger partial charge >= 0.3 is 15.6 Å². The molecule has 0 aliphatic heterocycles. The van der Waals surface area contributed by atoms with E-state index in [0.717, 1.165) is 17.7 Å². The molecule has 144 valence electrons. The van der Waals surface area contributed by atoms with Crippen LogP contribution in [0.3, 0.4) is 0 Å². The van der Waals surface area contributed by atoms with Crippen LogP contribution in [0.15, 0.2) is 60.7 Å². The van der Waals surface area contributed by atoms with E-state index in [1.54, 1.807) is 12.1 Å². The lowest BCUT2D eigenvalue weighted by Gasteiger charge is -2.10. The van der Waals surface area contributed by atoms with Crippen molar-refractivity contribution in [2.75, 3.05) is 6.61 Å². The van der Waals surface area contributed by atoms with Gasteiger partial charge in [0, 0.05) is 11.1 Å². The zero-order chi connectivity index (χ0) is 20.2. The molecule has 5 nitrogen and oxygen atoms in total. The molecule has 2 rings (SSSR count). The molecular weight excluding hydrogens is 385 g/mol. The average molecular weight is 400 g/mol. The molecule has 0 saturated carbocycles. The van der Waals surface area contributed by atoms with Crippen LogP contribution >= 0.6 is 0 Å². The molecule has 0 unspecified atom stereocenters. The third-order valence-electron chi connectivity index (χ3n) is 3.21. The first-order chi connectivity index (χ1) is 12.5. The summed E-state index contributed by atoms with van der Waals surface area (Å²) in [5.41, 5.74) is -4.21. The molecule has 0 radical (unpaired) electrons. The zero-order valence-corrected chi connectivity index (χ0v) is 14.9. The molecule has 27 heavy (non-hydrogen) atoms. The molecule has 0 saturated heterocycles. The highest BCUT2D eigenvalue weighted by Gasteiger charge is 2.48. The summed E-state index contributed by atoms with van der Waals surface area (Å²) in [4.78, 5) is 12.4. The first kappa shape index (κ1) is 20.5. The Labute approximate surface area is 154 Å². The van der Waals surface area contributed by atoms with Gasteiger partial charge < -0.3 is 8.92 Å². The molecule has 0 aliphatic rings. The van der Waals surface area contributed by atoms with Gasteiger partial charge in [-0.3, -0.25) is 4.79 Å². The fourth-order valence-corrected chi connectivity index (χ4v) is 2.37. The minimum absolute atomic E-state index is 0.155. The molecule has 9 heteroatoms. The number of benzene rings is 2. The maximum Gasteiger partial charge on any atom is 0.534 e. The standard InChI is InChI=1S/C18H15F3O5S/c1-12(2)11-25-15-7-3-13(4-8-15)17(22)14-5-9-16(10-6-14)26-27(23,24)18(19,20)21/h3-10H,1,11H2,2H3. The highest BCUT2D eigenvalue weighted by Crippen LogP contribution is 2.27. The summed E-state index contributed by atoms with van der Waals surface area (Å²) < 4.78 is 68.2. The number of alkyl halides is 3. The molecule has 0 N–H and O–H groups in total. The van der Waals surface area contributed by atoms with E-state index >= 15 is 0 Å². The van der Waals surface area contributed by atoms with Gasteiger partial charge in [0.15, 0.2) is 5.78 Å². The highest BCUT2D eigenvalue weighted by atomic mass is 32.2. The smallest absolute Gasteiger partial charge is 0.489 e. The Morgan fingerprint density at radius 1 is 0.963 bits per heavy atom. The van der Waals surface area contributed by atoms with Crippen molar-refractivity contribution >= 4 is 15.9 Å². The van der Waals surface area contributed by atoms with Crippen LogP contribution in [0.2, 0.25) is 0 Å². The Morgan fingerprint density at radius 2 is 1.41 bits per heavy atom. The minimum atomic E-state index is -5.76. The Morgan fingerprint density at radius 3 is 1.81 bits per heavy atom. The monoisotopic (exact) mass is 400 g/mol. The quantitative estimate of drug-likeness (QED) is 0.303. The topological polar surface area (TPSA) is 69.7 Å². The van der Waals surface area contributed by atoms with Gasteiger partial charge in [0.2, 0.25) is 0 Å². The summed E-state index contributed by atoms with van der Waals surface area (Å²) >= 11 is 0. The van der Waals surface area contributed by atoms with Crippen LogP contribution in [0.25, 0.3) is 0 Å². The molecule has 0 fully saturated rings. The van der Waals surface area contributed by atoms with Gasteiger partial charge in [-0.05, 0) is 61.0 Å². The van der Waals surface area contributed by atoms with E-state index in [1.165, 1.54) is 24.3 Å². The van der Waals surface area contributed by atoms with Crippen LogP contribution in [0.1, 0.15) is 22.8 Å². The van der Waals surface area contributed by atoms with Crippen LogP contribution in [0.4, 0.5) is 13.2 Å². The Balaban J connectivity index is 2.10. The molecule has 2 aromatic rings. The van der Waals surface area contributed by atoms with E-state index in [9.17, 15) is 26.4 Å². The molecular formula is C18H15F3O5S. The average Bonchev–Trinajstić information content (AvgIpc) is 2.59. The van der Waals surface area contributed by atoms with Crippen LogP contribution < -0.4 is 8.92 Å². The summed E-state index contributed by atoms with van der Waals surface area (Å²) in [6.07, 6.45) is 0. The first-order valence-corrected chi connectivity index (χ1v) is 8.93. The van der Waals surface area contributed by atoms with Crippen molar-refractivity contribution in [2.24, 2.45) is 0 Å². The SMILES string of the molecule is C=C(C)COc1ccc(C(=O)c2ccc(OS(=O)(=O)C(F)(F)F)cc2)cc1. The number of ketones is 1. The molecule has 0 spiro atoms. The molecule has 0 amide bonds. The van der Waals surface area contributed by atoms with Gasteiger partial charge in [0.25, 0.3) is 0 Å². The molecule has 2 aromatic carbocycles. The fraction of sp³-hybridized carbons (Fsp3) is 0.167. The van der Waals surface area contributed by atoms with Crippen molar-refractivity contribution < 1.29 is 35.3 Å². The minimum Gasteiger partial charge on any atom is -0.489 e. The third-order valence-corrected chi connectivity index (χ3v) is 4.19. The Kier molecular flexibility index (Phi) is 5.94. The van der Waals surface area contributed by atoms with Crippen LogP contribution in [0, 0.1) is 0 Å². The molecule has 0 atom stereocenters. The Bertz CT molecular complexity index is 930. The summed E-state index contributed by atoms with van der Waals surface area (Å²) in [5, 5.41) is 0. The number of carbonyl (C=O) groups is 1. The van der Waals surface area contributed by atoms with E-state index in [0.29, 0.717) is 17.9 Å². The predicted molar refractivity (Wildman–Crippen MR) is 92.2 cm³/mol. The molecule has 0 bridgehead atoms. The maximum absolute atomic E-state index is 12.4. The van der Waals surface area contributed by atoms with Crippen LogP contribution in [-0.2, 0) is 10.1 Å². The third kappa shape index (κ3) is 5.33. The highest BCUT2D eigenvalue weighted by molar-refractivity contribution is 7.88. The van der Waals surface area contributed by atoms with E-state index in [4.69, 9.17) is 4.74 Å². The van der Waals surface area contributed by atoms with Gasteiger partial charge in [-0.1, -0.05) is 6.58 Å². The van der Waals surface area contributed by atoms with E-state index in [-0.39, 0.29) is 5.56 Å². The van der Waals surface area contributed by atoms with Gasteiger partial charge in [-0.2, -0.15) is 21.6 Å². The largest absolute Gasteiger partial charge is 0.534 e. The van der Waals surface area contributed by atoms with Gasteiger partial charge in [-0.25, -0.2) is 0 Å². The number of halogens is 3. The molecule has 0 heterocycles. The van der Waals surface area contributed by atoms with Gasteiger partial charge in [0.1, 0.15) is 18.1 Å². The summed E-state index contributed by atoms with van der Waals surface area (Å²) in [6, 6.07) is 10.6. The van der Waals surface area contributed by atoms with Crippen molar-refractivity contribution in [3.05, 3.63) is 71.8 Å². The predicted octanol–water partition coefficient (Wildman–Crippen LogP) is 4.10. The second kappa shape index (κ2) is 7.83. The van der Waals surface area contributed by atoms with E-state index in [1.807, 2.05) is 6.92 Å². The molecule has 0 aromatic heterocycles. The van der Waals surface area contributed by atoms with Crippen molar-refractivity contribution in [3.8, 4) is 11.5 Å². The summed E-state index contributed by atoms with van der Waals surface area (Å²) in [5.74, 6) is -0.394. The first-order valence-electron chi connectivity index (χ1n) is 7.52. The normalized spacial score (nSPS) is 11.7.